The van der Waals surface area contributed by atoms with E-state index in [2.05, 4.69) is 20.9 Å². The number of anilines is 2. The van der Waals surface area contributed by atoms with Crippen LogP contribution in [0.5, 0.6) is 0 Å². The zero-order valence-electron chi connectivity index (χ0n) is 18.1. The summed E-state index contributed by atoms with van der Waals surface area (Å²) in [6, 6.07) is 4.68. The molecule has 1 aromatic carbocycles. The molecule has 1 aromatic heterocycles. The van der Waals surface area contributed by atoms with Gasteiger partial charge in [0, 0.05) is 25.2 Å². The molecule has 3 aliphatic heterocycles. The molecule has 3 atom stereocenters. The van der Waals surface area contributed by atoms with Gasteiger partial charge in [-0.15, -0.1) is 0 Å². The van der Waals surface area contributed by atoms with Gasteiger partial charge in [-0.3, -0.25) is 4.79 Å². The van der Waals surface area contributed by atoms with Crippen LogP contribution in [0.2, 0.25) is 0 Å². The molecule has 3 aliphatic rings. The minimum absolute atomic E-state index is 0.0190. The first kappa shape index (κ1) is 22.4. The van der Waals surface area contributed by atoms with Crippen LogP contribution in [-0.4, -0.2) is 74.7 Å². The van der Waals surface area contributed by atoms with Gasteiger partial charge in [0.25, 0.3) is 0 Å². The topological polar surface area (TPSA) is 130 Å². The maximum atomic E-state index is 12.4. The molecule has 10 nitrogen and oxygen atoms in total. The molecule has 3 N–H and O–H groups in total. The molecule has 0 aliphatic carbocycles. The summed E-state index contributed by atoms with van der Waals surface area (Å²) in [6.45, 7) is 3.07. The fourth-order valence-corrected chi connectivity index (χ4v) is 8.07. The maximum Gasteiger partial charge on any atom is 0.315 e. The highest BCUT2D eigenvalue weighted by Gasteiger charge is 2.51. The second kappa shape index (κ2) is 9.07. The second-order valence-electron chi connectivity index (χ2n) is 8.69. The van der Waals surface area contributed by atoms with Gasteiger partial charge in [-0.25, -0.2) is 18.2 Å². The number of aromatic nitrogens is 1. The maximum absolute atomic E-state index is 12.4. The molecule has 12 heteroatoms. The Hall–Kier alpha value is -2.44. The summed E-state index contributed by atoms with van der Waals surface area (Å²) in [5.74, 6) is -0.121. The van der Waals surface area contributed by atoms with Crippen LogP contribution in [0.3, 0.4) is 0 Å². The Morgan fingerprint density at radius 3 is 2.88 bits per heavy atom. The van der Waals surface area contributed by atoms with Gasteiger partial charge in [0.15, 0.2) is 15.0 Å². The number of morpholine rings is 1. The summed E-state index contributed by atoms with van der Waals surface area (Å²) in [5, 5.41) is 8.70. The number of amides is 3. The van der Waals surface area contributed by atoms with Crippen LogP contribution >= 0.6 is 11.3 Å². The Labute approximate surface area is 196 Å². The Bertz CT molecular complexity index is 1160. The lowest BCUT2D eigenvalue weighted by Crippen LogP contribution is -2.39. The van der Waals surface area contributed by atoms with Gasteiger partial charge in [-0.2, -0.15) is 0 Å². The molecule has 3 amide bonds. The van der Waals surface area contributed by atoms with Gasteiger partial charge in [-0.1, -0.05) is 17.8 Å². The van der Waals surface area contributed by atoms with Crippen LogP contribution in [0.15, 0.2) is 18.2 Å². The number of hydrogen-bond acceptors (Lipinski definition) is 8. The number of benzene rings is 1. The number of carbonyl (C=O) groups excluding carboxylic acids is 2. The minimum Gasteiger partial charge on any atom is -0.378 e. The molecule has 2 aromatic rings. The van der Waals surface area contributed by atoms with Crippen LogP contribution in [-0.2, 0) is 19.4 Å². The average Bonchev–Trinajstić information content (AvgIpc) is 3.42. The van der Waals surface area contributed by atoms with E-state index in [4.69, 9.17) is 9.72 Å². The minimum atomic E-state index is -3.24. The highest BCUT2D eigenvalue weighted by atomic mass is 32.2. The van der Waals surface area contributed by atoms with Crippen molar-refractivity contribution in [3.05, 3.63) is 18.2 Å². The highest BCUT2D eigenvalue weighted by molar-refractivity contribution is 7.92. The standard InChI is InChI=1S/C21H27N5O5S2/c27-18(4-2-1-3-17-19-15(12-33(17,29)30)23-20(28)25-19)22-13-5-6-14-16(11-13)32-21(24-14)26-7-9-31-10-8-26/h5-6,11,15,17,19H,1-4,7-10,12H2,(H,22,27)(H2,23,25,28). The van der Waals surface area contributed by atoms with E-state index in [1.165, 1.54) is 0 Å². The van der Waals surface area contributed by atoms with Crippen LogP contribution in [0.4, 0.5) is 15.6 Å². The summed E-state index contributed by atoms with van der Waals surface area (Å²) in [7, 11) is -3.24. The van der Waals surface area contributed by atoms with E-state index in [0.717, 1.165) is 34.1 Å². The van der Waals surface area contributed by atoms with E-state index in [-0.39, 0.29) is 29.8 Å². The molecular formula is C21H27N5O5S2. The number of sulfone groups is 1. The third kappa shape index (κ3) is 4.78. The number of thiazole rings is 1. The summed E-state index contributed by atoms with van der Waals surface area (Å²) in [4.78, 5) is 30.8. The molecule has 178 valence electrons. The Morgan fingerprint density at radius 1 is 1.24 bits per heavy atom. The number of carbonyl (C=O) groups is 2. The fourth-order valence-electron chi connectivity index (χ4n) is 4.74. The lowest BCUT2D eigenvalue weighted by molar-refractivity contribution is -0.116. The lowest BCUT2D eigenvalue weighted by Gasteiger charge is -2.25. The van der Waals surface area contributed by atoms with Gasteiger partial charge in [-0.05, 0) is 31.0 Å². The summed E-state index contributed by atoms with van der Waals surface area (Å²) in [5.41, 5.74) is 1.63. The Morgan fingerprint density at radius 2 is 2.06 bits per heavy atom. The van der Waals surface area contributed by atoms with Crippen molar-refractivity contribution in [2.45, 2.75) is 43.0 Å². The van der Waals surface area contributed by atoms with Crippen molar-refractivity contribution >= 4 is 54.1 Å². The first-order chi connectivity index (χ1) is 15.9. The number of hydrogen-bond donors (Lipinski definition) is 3. The zero-order chi connectivity index (χ0) is 23.0. The molecule has 4 heterocycles. The molecule has 0 spiro atoms. The van der Waals surface area contributed by atoms with E-state index in [0.29, 0.717) is 38.9 Å². The number of nitrogens with one attached hydrogen (secondary N) is 3. The van der Waals surface area contributed by atoms with E-state index in [1.54, 1.807) is 11.3 Å². The SMILES string of the molecule is O=C(CCCCC1C2NC(=O)NC2CS1(=O)=O)Nc1ccc2nc(N3CCOCC3)sc2c1. The van der Waals surface area contributed by atoms with Crippen molar-refractivity contribution in [2.24, 2.45) is 0 Å². The third-order valence-electron chi connectivity index (χ3n) is 6.41. The number of unbranched alkanes of at least 4 members (excludes halogenated alkanes) is 1. The van der Waals surface area contributed by atoms with Gasteiger partial charge < -0.3 is 25.6 Å². The molecule has 0 radical (unpaired) electrons. The molecular weight excluding hydrogens is 466 g/mol. The quantitative estimate of drug-likeness (QED) is 0.393. The highest BCUT2D eigenvalue weighted by Crippen LogP contribution is 2.31. The third-order valence-corrected chi connectivity index (χ3v) is 9.76. The number of nitrogens with zero attached hydrogens (tertiary/aromatic N) is 2. The van der Waals surface area contributed by atoms with Crippen molar-refractivity contribution in [3.63, 3.8) is 0 Å². The number of rotatable bonds is 7. The van der Waals surface area contributed by atoms with Gasteiger partial charge >= 0.3 is 6.03 Å². The number of ether oxygens (including phenoxy) is 1. The molecule has 3 saturated heterocycles. The normalized spacial score (nSPS) is 26.1. The Kier molecular flexibility index (Phi) is 6.14. The largest absolute Gasteiger partial charge is 0.378 e. The van der Waals surface area contributed by atoms with Gasteiger partial charge in [0.2, 0.25) is 5.91 Å². The zero-order valence-corrected chi connectivity index (χ0v) is 19.7. The van der Waals surface area contributed by atoms with E-state index < -0.39 is 15.1 Å². The lowest BCUT2D eigenvalue weighted by atomic mass is 10.0. The number of urea groups is 1. The van der Waals surface area contributed by atoms with Crippen LogP contribution in [0.25, 0.3) is 10.2 Å². The van der Waals surface area contributed by atoms with E-state index in [1.807, 2.05) is 18.2 Å². The fraction of sp³-hybridized carbons (Fsp3) is 0.571. The Balaban J connectivity index is 1.12. The molecule has 0 saturated carbocycles. The summed E-state index contributed by atoms with van der Waals surface area (Å²) < 4.78 is 31.2. The van der Waals surface area contributed by atoms with Crippen molar-refractivity contribution in [1.82, 2.24) is 15.6 Å². The molecule has 33 heavy (non-hydrogen) atoms. The van der Waals surface area contributed by atoms with E-state index >= 15 is 0 Å². The van der Waals surface area contributed by atoms with E-state index in [9.17, 15) is 18.0 Å². The van der Waals surface area contributed by atoms with Crippen molar-refractivity contribution in [1.29, 1.82) is 0 Å². The first-order valence-corrected chi connectivity index (χ1v) is 13.7. The molecule has 0 bridgehead atoms. The second-order valence-corrected chi connectivity index (χ2v) is 12.0. The molecule has 3 fully saturated rings. The van der Waals surface area contributed by atoms with Crippen molar-refractivity contribution in [2.75, 3.05) is 42.3 Å². The van der Waals surface area contributed by atoms with Crippen LogP contribution < -0.4 is 20.9 Å². The summed E-state index contributed by atoms with van der Waals surface area (Å²) >= 11 is 1.60. The van der Waals surface area contributed by atoms with Crippen molar-refractivity contribution in [3.8, 4) is 0 Å². The predicted molar refractivity (Wildman–Crippen MR) is 127 cm³/mol. The first-order valence-electron chi connectivity index (χ1n) is 11.2. The van der Waals surface area contributed by atoms with Crippen LogP contribution in [0.1, 0.15) is 25.7 Å². The van der Waals surface area contributed by atoms with Crippen molar-refractivity contribution < 1.29 is 22.7 Å². The average molecular weight is 494 g/mol. The predicted octanol–water partition coefficient (Wildman–Crippen LogP) is 1.48. The summed E-state index contributed by atoms with van der Waals surface area (Å²) in [6.07, 6.45) is 1.94. The van der Waals surface area contributed by atoms with Gasteiger partial charge in [0.05, 0.1) is 46.5 Å². The molecule has 3 unspecified atom stereocenters. The molecule has 5 rings (SSSR count). The number of fused-ring (bicyclic) bond motifs is 2. The van der Waals surface area contributed by atoms with Gasteiger partial charge in [0.1, 0.15) is 0 Å². The monoisotopic (exact) mass is 493 g/mol. The smallest absolute Gasteiger partial charge is 0.315 e. The van der Waals surface area contributed by atoms with Crippen LogP contribution in [0, 0.1) is 0 Å².